The Morgan fingerprint density at radius 1 is 1.33 bits per heavy atom. The van der Waals surface area contributed by atoms with Crippen molar-refractivity contribution in [2.24, 2.45) is 0 Å². The minimum atomic E-state index is 0.461. The van der Waals surface area contributed by atoms with Gasteiger partial charge in [0.05, 0.1) is 5.03 Å². The summed E-state index contributed by atoms with van der Waals surface area (Å²) in [7, 11) is 0. The molecule has 0 bridgehead atoms. The first kappa shape index (κ1) is 11.6. The molecule has 0 aliphatic rings. The Morgan fingerprint density at radius 2 is 2.07 bits per heavy atom. The molecule has 0 aliphatic carbocycles. The monoisotopic (exact) mass is 218 g/mol. The number of unbranched alkanes of at least 4 members (excludes halogenated alkanes) is 1. The molecule has 0 unspecified atom stereocenters. The Balaban J connectivity index is 2.59. The molecule has 0 fully saturated rings. The molecule has 1 rings (SSSR count). The summed E-state index contributed by atoms with van der Waals surface area (Å²) < 4.78 is 0. The molecule has 2 heteroatoms. The van der Waals surface area contributed by atoms with Crippen LogP contribution in [0.3, 0.4) is 0 Å². The van der Waals surface area contributed by atoms with Crippen LogP contribution in [0.4, 0.5) is 0 Å². The Kier molecular flexibility index (Phi) is 5.29. The van der Waals surface area contributed by atoms with Crippen molar-refractivity contribution in [2.45, 2.75) is 12.8 Å². The van der Waals surface area contributed by atoms with Gasteiger partial charge in [-0.1, -0.05) is 53.8 Å². The van der Waals surface area contributed by atoms with Crippen LogP contribution >= 0.6 is 11.6 Å². The van der Waals surface area contributed by atoms with Crippen LogP contribution in [0, 0.1) is 11.8 Å². The molecule has 0 N–H and O–H groups in total. The SMILES string of the molecule is O=CCCC#C/C(Cl)=C\c1ccccc1. The van der Waals surface area contributed by atoms with Crippen LogP contribution in [0.5, 0.6) is 0 Å². The number of aldehydes is 1. The Hall–Kier alpha value is -1.52. The van der Waals surface area contributed by atoms with Gasteiger partial charge in [-0.05, 0) is 11.6 Å². The van der Waals surface area contributed by atoms with Gasteiger partial charge < -0.3 is 4.79 Å². The minimum Gasteiger partial charge on any atom is -0.303 e. The normalized spacial score (nSPS) is 10.3. The quantitative estimate of drug-likeness (QED) is 0.433. The van der Waals surface area contributed by atoms with Crippen molar-refractivity contribution >= 4 is 24.0 Å². The van der Waals surface area contributed by atoms with Crippen LogP contribution in [0.15, 0.2) is 35.4 Å². The first-order valence-electron chi connectivity index (χ1n) is 4.67. The van der Waals surface area contributed by atoms with Gasteiger partial charge >= 0.3 is 0 Å². The van der Waals surface area contributed by atoms with Gasteiger partial charge in [0.2, 0.25) is 0 Å². The summed E-state index contributed by atoms with van der Waals surface area (Å²) in [5, 5.41) is 0.493. The Morgan fingerprint density at radius 3 is 2.73 bits per heavy atom. The number of hydrogen-bond donors (Lipinski definition) is 0. The van der Waals surface area contributed by atoms with Gasteiger partial charge in [0.15, 0.2) is 0 Å². The van der Waals surface area contributed by atoms with E-state index < -0.39 is 0 Å². The number of halogens is 1. The zero-order valence-corrected chi connectivity index (χ0v) is 9.00. The molecule has 0 saturated heterocycles. The molecule has 15 heavy (non-hydrogen) atoms. The number of benzene rings is 1. The van der Waals surface area contributed by atoms with Crippen LogP contribution in [0.2, 0.25) is 0 Å². The average Bonchev–Trinajstić information content (AvgIpc) is 2.26. The first-order chi connectivity index (χ1) is 7.33. The number of rotatable bonds is 3. The summed E-state index contributed by atoms with van der Waals surface area (Å²) >= 11 is 5.89. The lowest BCUT2D eigenvalue weighted by molar-refractivity contribution is -0.107. The third kappa shape index (κ3) is 5.05. The van der Waals surface area contributed by atoms with E-state index in [2.05, 4.69) is 11.8 Å². The highest BCUT2D eigenvalue weighted by Gasteiger charge is 1.87. The van der Waals surface area contributed by atoms with Crippen molar-refractivity contribution in [3.63, 3.8) is 0 Å². The number of carbonyl (C=O) groups is 1. The fourth-order valence-corrected chi connectivity index (χ4v) is 1.20. The van der Waals surface area contributed by atoms with E-state index in [1.165, 1.54) is 0 Å². The zero-order chi connectivity index (χ0) is 10.9. The molecular weight excluding hydrogens is 208 g/mol. The van der Waals surface area contributed by atoms with Crippen molar-refractivity contribution in [3.8, 4) is 11.8 Å². The fraction of sp³-hybridized carbons (Fsp3) is 0.154. The second-order valence-electron chi connectivity index (χ2n) is 2.91. The molecule has 1 aromatic rings. The average molecular weight is 219 g/mol. The first-order valence-corrected chi connectivity index (χ1v) is 5.05. The standard InChI is InChI=1S/C13H11ClO/c14-13(9-5-2-6-10-15)11-12-7-3-1-4-8-12/h1,3-4,7-8,10-11H,2,6H2/b13-11+. The molecule has 0 spiro atoms. The summed E-state index contributed by atoms with van der Waals surface area (Å²) in [6.45, 7) is 0. The van der Waals surface area contributed by atoms with Crippen molar-refractivity contribution in [1.82, 2.24) is 0 Å². The summed E-state index contributed by atoms with van der Waals surface area (Å²) in [5.74, 6) is 5.61. The molecule has 1 nitrogen and oxygen atoms in total. The van der Waals surface area contributed by atoms with E-state index in [-0.39, 0.29) is 0 Å². The van der Waals surface area contributed by atoms with E-state index in [0.29, 0.717) is 17.9 Å². The maximum atomic E-state index is 10.0. The Bertz CT molecular complexity index is 396. The molecule has 0 aromatic heterocycles. The molecule has 76 valence electrons. The molecule has 1 aromatic carbocycles. The highest BCUT2D eigenvalue weighted by molar-refractivity contribution is 6.34. The second-order valence-corrected chi connectivity index (χ2v) is 3.32. The zero-order valence-electron chi connectivity index (χ0n) is 8.24. The van der Waals surface area contributed by atoms with E-state index in [9.17, 15) is 4.79 Å². The third-order valence-electron chi connectivity index (χ3n) is 1.69. The van der Waals surface area contributed by atoms with Crippen molar-refractivity contribution in [1.29, 1.82) is 0 Å². The van der Waals surface area contributed by atoms with Crippen LogP contribution in [0.1, 0.15) is 18.4 Å². The van der Waals surface area contributed by atoms with Gasteiger partial charge in [-0.3, -0.25) is 0 Å². The number of carbonyl (C=O) groups excluding carboxylic acids is 1. The van der Waals surface area contributed by atoms with Gasteiger partial charge in [0.25, 0.3) is 0 Å². The maximum absolute atomic E-state index is 10.0. The van der Waals surface area contributed by atoms with Crippen LogP contribution in [-0.4, -0.2) is 6.29 Å². The van der Waals surface area contributed by atoms with Crippen LogP contribution < -0.4 is 0 Å². The number of hydrogen-bond acceptors (Lipinski definition) is 1. The topological polar surface area (TPSA) is 17.1 Å². The van der Waals surface area contributed by atoms with E-state index in [1.807, 2.05) is 30.3 Å². The van der Waals surface area contributed by atoms with Crippen molar-refractivity contribution in [3.05, 3.63) is 40.9 Å². The van der Waals surface area contributed by atoms with Crippen LogP contribution in [-0.2, 0) is 4.79 Å². The fourth-order valence-electron chi connectivity index (χ4n) is 1.01. The lowest BCUT2D eigenvalue weighted by atomic mass is 10.2. The van der Waals surface area contributed by atoms with Gasteiger partial charge in [-0.2, -0.15) is 0 Å². The minimum absolute atomic E-state index is 0.461. The molecule has 0 aliphatic heterocycles. The largest absolute Gasteiger partial charge is 0.303 e. The smallest absolute Gasteiger partial charge is 0.120 e. The van der Waals surface area contributed by atoms with E-state index >= 15 is 0 Å². The highest BCUT2D eigenvalue weighted by Crippen LogP contribution is 2.08. The molecule has 0 heterocycles. The molecule has 0 amide bonds. The summed E-state index contributed by atoms with van der Waals surface area (Å²) in [5.41, 5.74) is 1.02. The predicted molar refractivity (Wildman–Crippen MR) is 63.3 cm³/mol. The number of allylic oxidation sites excluding steroid dienone is 1. The summed E-state index contributed by atoms with van der Waals surface area (Å²) in [4.78, 5) is 10.0. The van der Waals surface area contributed by atoms with Gasteiger partial charge in [0, 0.05) is 12.8 Å². The van der Waals surface area contributed by atoms with Gasteiger partial charge in [-0.15, -0.1) is 0 Å². The molecular formula is C13H11ClO. The summed E-state index contributed by atoms with van der Waals surface area (Å²) in [6, 6.07) is 9.73. The molecule has 0 atom stereocenters. The van der Waals surface area contributed by atoms with Gasteiger partial charge in [-0.25, -0.2) is 0 Å². The van der Waals surface area contributed by atoms with E-state index in [1.54, 1.807) is 6.08 Å². The molecule has 0 radical (unpaired) electrons. The lowest BCUT2D eigenvalue weighted by Crippen LogP contribution is -1.73. The second kappa shape index (κ2) is 6.86. The lowest BCUT2D eigenvalue weighted by Gasteiger charge is -1.90. The summed E-state index contributed by atoms with van der Waals surface area (Å²) in [6.07, 6.45) is 3.67. The van der Waals surface area contributed by atoms with Crippen LogP contribution in [0.25, 0.3) is 6.08 Å². The predicted octanol–water partition coefficient (Wildman–Crippen LogP) is 3.25. The van der Waals surface area contributed by atoms with E-state index in [0.717, 1.165) is 11.8 Å². The van der Waals surface area contributed by atoms with E-state index in [4.69, 9.17) is 11.6 Å². The third-order valence-corrected chi connectivity index (χ3v) is 1.89. The van der Waals surface area contributed by atoms with Crippen molar-refractivity contribution < 1.29 is 4.79 Å². The Labute approximate surface area is 94.8 Å². The molecule has 0 saturated carbocycles. The van der Waals surface area contributed by atoms with Gasteiger partial charge in [0.1, 0.15) is 6.29 Å². The highest BCUT2D eigenvalue weighted by atomic mass is 35.5. The maximum Gasteiger partial charge on any atom is 0.120 e. The van der Waals surface area contributed by atoms with Crippen molar-refractivity contribution in [2.75, 3.05) is 0 Å².